The van der Waals surface area contributed by atoms with E-state index in [1.807, 2.05) is 0 Å². The summed E-state index contributed by atoms with van der Waals surface area (Å²) < 4.78 is 37.4. The van der Waals surface area contributed by atoms with E-state index in [1.165, 1.54) is 25.3 Å². The predicted molar refractivity (Wildman–Crippen MR) is 76.1 cm³/mol. The molecule has 0 saturated carbocycles. The SMILES string of the molecule is COC(=O)c1ccc(F)cc1Oc1cc2cc[nH]c2cc1F. The van der Waals surface area contributed by atoms with Crippen LogP contribution < -0.4 is 4.74 Å². The quantitative estimate of drug-likeness (QED) is 0.743. The van der Waals surface area contributed by atoms with Gasteiger partial charge in [0.1, 0.15) is 17.1 Å². The van der Waals surface area contributed by atoms with Crippen molar-refractivity contribution in [1.29, 1.82) is 0 Å². The Morgan fingerprint density at radius 2 is 1.91 bits per heavy atom. The smallest absolute Gasteiger partial charge is 0.341 e. The number of rotatable bonds is 3. The van der Waals surface area contributed by atoms with Gasteiger partial charge in [-0.3, -0.25) is 0 Å². The molecule has 0 spiro atoms. The normalized spacial score (nSPS) is 10.7. The number of hydrogen-bond acceptors (Lipinski definition) is 3. The summed E-state index contributed by atoms with van der Waals surface area (Å²) in [6.07, 6.45) is 1.66. The van der Waals surface area contributed by atoms with Crippen LogP contribution in [0.1, 0.15) is 10.4 Å². The highest BCUT2D eigenvalue weighted by Gasteiger charge is 2.17. The van der Waals surface area contributed by atoms with Gasteiger partial charge in [0.25, 0.3) is 0 Å². The number of fused-ring (bicyclic) bond motifs is 1. The largest absolute Gasteiger partial charge is 0.465 e. The fourth-order valence-corrected chi connectivity index (χ4v) is 2.11. The maximum atomic E-state index is 14.0. The van der Waals surface area contributed by atoms with Crippen molar-refractivity contribution >= 4 is 16.9 Å². The van der Waals surface area contributed by atoms with Gasteiger partial charge in [-0.15, -0.1) is 0 Å². The van der Waals surface area contributed by atoms with Crippen LogP contribution in [0.25, 0.3) is 10.9 Å². The fourth-order valence-electron chi connectivity index (χ4n) is 2.11. The zero-order valence-corrected chi connectivity index (χ0v) is 11.5. The van der Waals surface area contributed by atoms with Crippen molar-refractivity contribution in [3.05, 3.63) is 59.8 Å². The van der Waals surface area contributed by atoms with Crippen LogP contribution in [-0.2, 0) is 4.74 Å². The number of benzene rings is 2. The van der Waals surface area contributed by atoms with Gasteiger partial charge in [-0.1, -0.05) is 0 Å². The lowest BCUT2D eigenvalue weighted by Gasteiger charge is -2.11. The molecule has 4 nitrogen and oxygen atoms in total. The highest BCUT2D eigenvalue weighted by molar-refractivity contribution is 5.92. The van der Waals surface area contributed by atoms with E-state index in [0.29, 0.717) is 5.52 Å². The van der Waals surface area contributed by atoms with Crippen LogP contribution in [0.3, 0.4) is 0 Å². The number of hydrogen-bond donors (Lipinski definition) is 1. The highest BCUT2D eigenvalue weighted by atomic mass is 19.1. The maximum Gasteiger partial charge on any atom is 0.341 e. The van der Waals surface area contributed by atoms with Crippen molar-refractivity contribution in [3.63, 3.8) is 0 Å². The highest BCUT2D eigenvalue weighted by Crippen LogP contribution is 2.31. The Balaban J connectivity index is 2.05. The molecule has 22 heavy (non-hydrogen) atoms. The number of methoxy groups -OCH3 is 1. The molecule has 2 aromatic carbocycles. The van der Waals surface area contributed by atoms with Gasteiger partial charge in [0.05, 0.1) is 7.11 Å². The number of aromatic amines is 1. The molecule has 3 rings (SSSR count). The summed E-state index contributed by atoms with van der Waals surface area (Å²) in [4.78, 5) is 14.5. The number of ether oxygens (including phenoxy) is 2. The molecule has 0 radical (unpaired) electrons. The molecule has 1 N–H and O–H groups in total. The minimum atomic E-state index is -0.696. The Labute approximate surface area is 124 Å². The molecule has 0 aliphatic carbocycles. The van der Waals surface area contributed by atoms with E-state index in [-0.39, 0.29) is 17.1 Å². The van der Waals surface area contributed by atoms with Crippen molar-refractivity contribution < 1.29 is 23.0 Å². The molecule has 1 heterocycles. The first-order valence-corrected chi connectivity index (χ1v) is 6.41. The van der Waals surface area contributed by atoms with Crippen LogP contribution in [0, 0.1) is 11.6 Å². The van der Waals surface area contributed by atoms with Crippen molar-refractivity contribution in [3.8, 4) is 11.5 Å². The van der Waals surface area contributed by atoms with Gasteiger partial charge in [0.2, 0.25) is 0 Å². The molecule has 0 unspecified atom stereocenters. The first-order valence-electron chi connectivity index (χ1n) is 6.41. The molecule has 112 valence electrons. The summed E-state index contributed by atoms with van der Waals surface area (Å²) in [5.74, 6) is -2.15. The topological polar surface area (TPSA) is 51.3 Å². The lowest BCUT2D eigenvalue weighted by molar-refractivity contribution is 0.0597. The number of carbonyl (C=O) groups excluding carboxylic acids is 1. The van der Waals surface area contributed by atoms with Crippen LogP contribution in [-0.4, -0.2) is 18.1 Å². The van der Waals surface area contributed by atoms with E-state index in [4.69, 9.17) is 4.74 Å². The Hall–Kier alpha value is -2.89. The molecule has 0 bridgehead atoms. The molecule has 1 aromatic heterocycles. The minimum absolute atomic E-state index is 0.0115. The van der Waals surface area contributed by atoms with Gasteiger partial charge in [-0.2, -0.15) is 0 Å². The van der Waals surface area contributed by atoms with Crippen molar-refractivity contribution in [2.24, 2.45) is 0 Å². The number of nitrogens with one attached hydrogen (secondary N) is 1. The molecule has 0 amide bonds. The summed E-state index contributed by atoms with van der Waals surface area (Å²) in [7, 11) is 1.20. The molecular formula is C16H11F2NO3. The second-order valence-electron chi connectivity index (χ2n) is 4.58. The molecule has 0 saturated heterocycles. The molecular weight excluding hydrogens is 292 g/mol. The lowest BCUT2D eigenvalue weighted by atomic mass is 10.2. The van der Waals surface area contributed by atoms with Crippen LogP contribution in [0.15, 0.2) is 42.6 Å². The third-order valence-electron chi connectivity index (χ3n) is 3.17. The molecule has 0 aliphatic heterocycles. The first kappa shape index (κ1) is 14.1. The van der Waals surface area contributed by atoms with E-state index in [1.54, 1.807) is 12.3 Å². The Kier molecular flexibility index (Phi) is 3.50. The van der Waals surface area contributed by atoms with Gasteiger partial charge in [-0.25, -0.2) is 13.6 Å². The average Bonchev–Trinajstić information content (AvgIpc) is 2.94. The van der Waals surface area contributed by atoms with E-state index in [0.717, 1.165) is 17.5 Å². The predicted octanol–water partition coefficient (Wildman–Crippen LogP) is 4.03. The van der Waals surface area contributed by atoms with Gasteiger partial charge in [0.15, 0.2) is 11.6 Å². The molecule has 6 heteroatoms. The van der Waals surface area contributed by atoms with Crippen LogP contribution in [0.2, 0.25) is 0 Å². The van der Waals surface area contributed by atoms with Crippen molar-refractivity contribution in [2.75, 3.05) is 7.11 Å². The molecule has 0 aliphatic rings. The number of H-pyrrole nitrogens is 1. The van der Waals surface area contributed by atoms with Gasteiger partial charge < -0.3 is 14.5 Å². The van der Waals surface area contributed by atoms with E-state index < -0.39 is 17.6 Å². The number of aromatic nitrogens is 1. The Bertz CT molecular complexity index is 858. The number of halogens is 2. The minimum Gasteiger partial charge on any atom is -0.465 e. The Morgan fingerprint density at radius 3 is 2.68 bits per heavy atom. The van der Waals surface area contributed by atoms with E-state index in [2.05, 4.69) is 9.72 Å². The zero-order valence-electron chi connectivity index (χ0n) is 11.5. The average molecular weight is 303 g/mol. The van der Waals surface area contributed by atoms with Crippen LogP contribution in [0.4, 0.5) is 8.78 Å². The monoisotopic (exact) mass is 303 g/mol. The fraction of sp³-hybridized carbons (Fsp3) is 0.0625. The van der Waals surface area contributed by atoms with E-state index in [9.17, 15) is 13.6 Å². The second kappa shape index (κ2) is 5.48. The summed E-state index contributed by atoms with van der Waals surface area (Å²) >= 11 is 0. The maximum absolute atomic E-state index is 14.0. The Morgan fingerprint density at radius 1 is 1.09 bits per heavy atom. The number of carbonyl (C=O) groups is 1. The van der Waals surface area contributed by atoms with Gasteiger partial charge in [-0.05, 0) is 24.3 Å². The number of esters is 1. The summed E-state index contributed by atoms with van der Waals surface area (Å²) in [5.41, 5.74) is 0.620. The summed E-state index contributed by atoms with van der Waals surface area (Å²) in [6, 6.07) is 7.81. The summed E-state index contributed by atoms with van der Waals surface area (Å²) in [5, 5.41) is 0.729. The van der Waals surface area contributed by atoms with Crippen LogP contribution >= 0.6 is 0 Å². The second-order valence-corrected chi connectivity index (χ2v) is 4.58. The van der Waals surface area contributed by atoms with Crippen molar-refractivity contribution in [2.45, 2.75) is 0 Å². The third-order valence-corrected chi connectivity index (χ3v) is 3.17. The zero-order chi connectivity index (χ0) is 15.7. The van der Waals surface area contributed by atoms with Crippen LogP contribution in [0.5, 0.6) is 11.5 Å². The first-order chi connectivity index (χ1) is 10.6. The summed E-state index contributed by atoms with van der Waals surface area (Å²) in [6.45, 7) is 0. The lowest BCUT2D eigenvalue weighted by Crippen LogP contribution is -2.04. The van der Waals surface area contributed by atoms with E-state index >= 15 is 0 Å². The van der Waals surface area contributed by atoms with Crippen molar-refractivity contribution in [1.82, 2.24) is 4.98 Å². The standard InChI is InChI=1S/C16H11F2NO3/c1-21-16(20)11-3-2-10(17)7-14(11)22-15-6-9-4-5-19-13(9)8-12(15)18/h2-8,19H,1H3. The van der Waals surface area contributed by atoms with Gasteiger partial charge >= 0.3 is 5.97 Å². The molecule has 0 atom stereocenters. The molecule has 0 fully saturated rings. The molecule has 3 aromatic rings. The van der Waals surface area contributed by atoms with Gasteiger partial charge in [0, 0.05) is 29.2 Å². The third kappa shape index (κ3) is 2.50.